The molecular weight excluding hydrogens is 272 g/mol. The van der Waals surface area contributed by atoms with E-state index < -0.39 is 11.6 Å². The Morgan fingerprint density at radius 3 is 2.19 bits per heavy atom. The Bertz CT molecular complexity index is 601. The fourth-order valence-corrected chi connectivity index (χ4v) is 2.72. The molecule has 0 unspecified atom stereocenters. The molecule has 0 saturated heterocycles. The lowest BCUT2D eigenvalue weighted by molar-refractivity contribution is 0.370. The van der Waals surface area contributed by atoms with Gasteiger partial charge < -0.3 is 10.1 Å². The zero-order valence-corrected chi connectivity index (χ0v) is 11.8. The number of nitrogens with one attached hydrogen (secondary N) is 1. The zero-order valence-electron chi connectivity index (χ0n) is 11.8. The van der Waals surface area contributed by atoms with Crippen LogP contribution < -0.4 is 10.1 Å². The average molecular weight is 289 g/mol. The monoisotopic (exact) mass is 289 g/mol. The van der Waals surface area contributed by atoms with Gasteiger partial charge in [-0.2, -0.15) is 0 Å². The van der Waals surface area contributed by atoms with Gasteiger partial charge in [-0.1, -0.05) is 18.2 Å². The highest BCUT2D eigenvalue weighted by Crippen LogP contribution is 2.39. The lowest BCUT2D eigenvalue weighted by Gasteiger charge is -2.37. The minimum absolute atomic E-state index is 0.0179. The highest BCUT2D eigenvalue weighted by atomic mass is 19.1. The van der Waals surface area contributed by atoms with Crippen molar-refractivity contribution in [3.63, 3.8) is 0 Å². The van der Waals surface area contributed by atoms with E-state index in [2.05, 4.69) is 5.32 Å². The zero-order chi connectivity index (χ0) is 14.8. The van der Waals surface area contributed by atoms with Gasteiger partial charge in [0.25, 0.3) is 0 Å². The Hall–Kier alpha value is -2.10. The predicted octanol–water partition coefficient (Wildman–Crippen LogP) is 4.33. The first-order valence-corrected chi connectivity index (χ1v) is 7.02. The molecule has 3 rings (SSSR count). The Balaban J connectivity index is 1.60. The third kappa shape index (κ3) is 2.84. The molecule has 0 spiro atoms. The molecule has 1 aliphatic rings. The van der Waals surface area contributed by atoms with Crippen molar-refractivity contribution in [3.05, 3.63) is 59.7 Å². The van der Waals surface area contributed by atoms with Gasteiger partial charge >= 0.3 is 0 Å². The van der Waals surface area contributed by atoms with Crippen LogP contribution in [0, 0.1) is 11.6 Å². The number of anilines is 1. The van der Waals surface area contributed by atoms with E-state index in [1.165, 1.54) is 23.8 Å². The van der Waals surface area contributed by atoms with Gasteiger partial charge in [0.1, 0.15) is 23.1 Å². The number of hydrogen-bond donors (Lipinski definition) is 1. The smallest absolute Gasteiger partial charge is 0.149 e. The maximum Gasteiger partial charge on any atom is 0.149 e. The van der Waals surface area contributed by atoms with Crippen LogP contribution in [-0.2, 0) is 0 Å². The van der Waals surface area contributed by atoms with Gasteiger partial charge in [-0.05, 0) is 48.6 Å². The summed E-state index contributed by atoms with van der Waals surface area (Å²) in [5.74, 6) is 0.190. The highest BCUT2D eigenvalue weighted by molar-refractivity contribution is 5.48. The van der Waals surface area contributed by atoms with Crippen LogP contribution in [0.15, 0.2) is 42.5 Å². The summed E-state index contributed by atoms with van der Waals surface area (Å²) >= 11 is 0. The Labute approximate surface area is 122 Å². The van der Waals surface area contributed by atoms with Crippen molar-refractivity contribution in [2.45, 2.75) is 24.8 Å². The second-order valence-corrected chi connectivity index (χ2v) is 5.38. The summed E-state index contributed by atoms with van der Waals surface area (Å²) in [6, 6.07) is 12.0. The summed E-state index contributed by atoms with van der Waals surface area (Å²) in [6.45, 7) is 0. The standard InChI is InChI=1S/C17H17F2NO/c1-21-14-7-5-11(6-8-14)12-9-13(10-12)20-17-15(18)3-2-4-16(17)19/h2-8,12-13,20H,9-10H2,1H3. The van der Waals surface area contributed by atoms with Crippen molar-refractivity contribution < 1.29 is 13.5 Å². The maximum atomic E-state index is 13.6. The molecule has 1 aliphatic carbocycles. The van der Waals surface area contributed by atoms with Gasteiger partial charge in [-0.25, -0.2) is 8.78 Å². The highest BCUT2D eigenvalue weighted by Gasteiger charge is 2.31. The normalized spacial score (nSPS) is 20.7. The number of halogens is 2. The number of ether oxygens (including phenoxy) is 1. The molecule has 4 heteroatoms. The number of rotatable bonds is 4. The third-order valence-electron chi connectivity index (χ3n) is 4.04. The van der Waals surface area contributed by atoms with Crippen LogP contribution in [0.2, 0.25) is 0 Å². The van der Waals surface area contributed by atoms with E-state index >= 15 is 0 Å². The molecule has 0 aliphatic heterocycles. The molecule has 0 atom stereocenters. The summed E-state index contributed by atoms with van der Waals surface area (Å²) < 4.78 is 32.2. The van der Waals surface area contributed by atoms with E-state index in [4.69, 9.17) is 4.74 Å². The summed E-state index contributed by atoms with van der Waals surface area (Å²) in [7, 11) is 1.64. The van der Waals surface area contributed by atoms with Gasteiger partial charge in [0, 0.05) is 6.04 Å². The molecule has 0 bridgehead atoms. The largest absolute Gasteiger partial charge is 0.497 e. The molecule has 0 amide bonds. The number of hydrogen-bond acceptors (Lipinski definition) is 2. The van der Waals surface area contributed by atoms with Crippen LogP contribution in [0.3, 0.4) is 0 Å². The van der Waals surface area contributed by atoms with Crippen molar-refractivity contribution in [1.29, 1.82) is 0 Å². The van der Waals surface area contributed by atoms with E-state index in [9.17, 15) is 8.78 Å². The number of para-hydroxylation sites is 1. The van der Waals surface area contributed by atoms with E-state index in [1.54, 1.807) is 7.11 Å². The van der Waals surface area contributed by atoms with Crippen molar-refractivity contribution in [2.24, 2.45) is 0 Å². The Morgan fingerprint density at radius 1 is 1.00 bits per heavy atom. The minimum atomic E-state index is -0.539. The van der Waals surface area contributed by atoms with Crippen LogP contribution in [-0.4, -0.2) is 13.2 Å². The fraction of sp³-hybridized carbons (Fsp3) is 0.294. The van der Waals surface area contributed by atoms with E-state index in [1.807, 2.05) is 24.3 Å². The molecule has 1 fully saturated rings. The van der Waals surface area contributed by atoms with E-state index in [0.717, 1.165) is 18.6 Å². The second-order valence-electron chi connectivity index (χ2n) is 5.38. The SMILES string of the molecule is COc1ccc(C2CC(Nc3c(F)cccc3F)C2)cc1. The van der Waals surface area contributed by atoms with Gasteiger partial charge in [0.15, 0.2) is 0 Å². The van der Waals surface area contributed by atoms with Crippen molar-refractivity contribution in [2.75, 3.05) is 12.4 Å². The molecule has 110 valence electrons. The average Bonchev–Trinajstić information content (AvgIpc) is 2.45. The molecule has 2 aromatic carbocycles. The van der Waals surface area contributed by atoms with Crippen LogP contribution >= 0.6 is 0 Å². The molecular formula is C17H17F2NO. The molecule has 2 aromatic rings. The first kappa shape index (κ1) is 13.9. The van der Waals surface area contributed by atoms with E-state index in [0.29, 0.717) is 5.92 Å². The third-order valence-corrected chi connectivity index (χ3v) is 4.04. The quantitative estimate of drug-likeness (QED) is 0.904. The first-order valence-electron chi connectivity index (χ1n) is 7.02. The molecule has 2 nitrogen and oxygen atoms in total. The predicted molar refractivity (Wildman–Crippen MR) is 78.7 cm³/mol. The summed E-state index contributed by atoms with van der Waals surface area (Å²) in [6.07, 6.45) is 1.75. The number of benzene rings is 2. The van der Waals surface area contributed by atoms with Crippen LogP contribution in [0.25, 0.3) is 0 Å². The molecule has 21 heavy (non-hydrogen) atoms. The van der Waals surface area contributed by atoms with Gasteiger partial charge in [-0.3, -0.25) is 0 Å². The molecule has 1 saturated carbocycles. The lowest BCUT2D eigenvalue weighted by Crippen LogP contribution is -2.34. The van der Waals surface area contributed by atoms with Gasteiger partial charge in [0.05, 0.1) is 7.11 Å². The minimum Gasteiger partial charge on any atom is -0.497 e. The molecule has 0 aromatic heterocycles. The fourth-order valence-electron chi connectivity index (χ4n) is 2.72. The molecule has 0 radical (unpaired) electrons. The first-order chi connectivity index (χ1) is 10.2. The molecule has 0 heterocycles. The van der Waals surface area contributed by atoms with Crippen LogP contribution in [0.1, 0.15) is 24.3 Å². The van der Waals surface area contributed by atoms with Crippen LogP contribution in [0.5, 0.6) is 5.75 Å². The summed E-state index contributed by atoms with van der Waals surface area (Å²) in [5.41, 5.74) is 1.22. The Kier molecular flexibility index (Phi) is 3.78. The summed E-state index contributed by atoms with van der Waals surface area (Å²) in [4.78, 5) is 0. The topological polar surface area (TPSA) is 21.3 Å². The number of methoxy groups -OCH3 is 1. The van der Waals surface area contributed by atoms with E-state index in [-0.39, 0.29) is 11.7 Å². The maximum absolute atomic E-state index is 13.6. The van der Waals surface area contributed by atoms with Crippen molar-refractivity contribution >= 4 is 5.69 Å². The summed E-state index contributed by atoms with van der Waals surface area (Å²) in [5, 5.41) is 2.96. The van der Waals surface area contributed by atoms with Gasteiger partial charge in [-0.15, -0.1) is 0 Å². The molecule has 1 N–H and O–H groups in total. The Morgan fingerprint density at radius 2 is 1.62 bits per heavy atom. The van der Waals surface area contributed by atoms with Crippen molar-refractivity contribution in [1.82, 2.24) is 0 Å². The van der Waals surface area contributed by atoms with Gasteiger partial charge in [0.2, 0.25) is 0 Å². The second kappa shape index (κ2) is 5.72. The van der Waals surface area contributed by atoms with Crippen LogP contribution in [0.4, 0.5) is 14.5 Å². The van der Waals surface area contributed by atoms with Crippen molar-refractivity contribution in [3.8, 4) is 5.75 Å². The lowest BCUT2D eigenvalue weighted by atomic mass is 9.76.